The van der Waals surface area contributed by atoms with E-state index < -0.39 is 0 Å². The Labute approximate surface area is 136 Å². The van der Waals surface area contributed by atoms with Gasteiger partial charge >= 0.3 is 5.63 Å². The van der Waals surface area contributed by atoms with E-state index in [1.54, 1.807) is 30.5 Å². The Morgan fingerprint density at radius 2 is 1.83 bits per heavy atom. The minimum absolute atomic E-state index is 0.374. The number of benzene rings is 2. The summed E-state index contributed by atoms with van der Waals surface area (Å²) in [5.41, 5.74) is 2.71. The molecule has 2 aromatic heterocycles. The van der Waals surface area contributed by atoms with Crippen LogP contribution in [0.15, 0.2) is 86.3 Å². The molecule has 0 aliphatic rings. The first-order chi connectivity index (χ1) is 11.8. The molecule has 0 unspecified atom stereocenters. The number of aromatic amines is 1. The summed E-state index contributed by atoms with van der Waals surface area (Å²) < 4.78 is 5.09. The second-order valence-corrected chi connectivity index (χ2v) is 5.16. The second kappa shape index (κ2) is 5.92. The second-order valence-electron chi connectivity index (χ2n) is 5.16. The molecule has 0 amide bonds. The quantitative estimate of drug-likeness (QED) is 0.443. The summed E-state index contributed by atoms with van der Waals surface area (Å²) in [6.07, 6.45) is 1.72. The largest absolute Gasteiger partial charge is 0.423 e. The van der Waals surface area contributed by atoms with Crippen LogP contribution in [0, 0.1) is 0 Å². The lowest BCUT2D eigenvalue weighted by Gasteiger charge is -1.96. The summed E-state index contributed by atoms with van der Waals surface area (Å²) in [4.78, 5) is 18.5. The van der Waals surface area contributed by atoms with Crippen LogP contribution < -0.4 is 5.63 Å². The molecule has 6 heteroatoms. The van der Waals surface area contributed by atoms with Gasteiger partial charge in [0.2, 0.25) is 5.95 Å². The number of fused-ring (bicyclic) bond motifs is 1. The molecule has 0 spiro atoms. The fraction of sp³-hybridized carbons (Fsp3) is 0. The molecule has 6 nitrogen and oxygen atoms in total. The maximum atomic E-state index is 11.2. The van der Waals surface area contributed by atoms with E-state index in [1.165, 1.54) is 6.07 Å². The van der Waals surface area contributed by atoms with Crippen LogP contribution >= 0.6 is 0 Å². The predicted octanol–water partition coefficient (Wildman–Crippen LogP) is 4.60. The average molecular weight is 316 g/mol. The van der Waals surface area contributed by atoms with Crippen LogP contribution in [0.2, 0.25) is 0 Å². The average Bonchev–Trinajstić information content (AvgIpc) is 3.10. The third-order valence-electron chi connectivity index (χ3n) is 3.51. The van der Waals surface area contributed by atoms with Gasteiger partial charge in [0.15, 0.2) is 0 Å². The van der Waals surface area contributed by atoms with Crippen molar-refractivity contribution in [2.75, 3.05) is 0 Å². The number of aromatic nitrogens is 2. The van der Waals surface area contributed by atoms with Crippen LogP contribution in [0.25, 0.3) is 22.2 Å². The predicted molar refractivity (Wildman–Crippen MR) is 90.7 cm³/mol. The van der Waals surface area contributed by atoms with Crippen LogP contribution in [0.4, 0.5) is 11.6 Å². The first-order valence-electron chi connectivity index (χ1n) is 7.34. The lowest BCUT2D eigenvalue weighted by atomic mass is 10.2. The Balaban J connectivity index is 1.60. The fourth-order valence-corrected chi connectivity index (χ4v) is 2.35. The molecular weight excluding hydrogens is 304 g/mol. The zero-order valence-corrected chi connectivity index (χ0v) is 12.5. The number of nitrogens with one attached hydrogen (secondary N) is 1. The van der Waals surface area contributed by atoms with Crippen LogP contribution in [0.3, 0.4) is 0 Å². The molecule has 0 saturated carbocycles. The van der Waals surface area contributed by atoms with Gasteiger partial charge in [0.1, 0.15) is 5.58 Å². The van der Waals surface area contributed by atoms with Crippen molar-refractivity contribution in [3.05, 3.63) is 77.3 Å². The molecule has 4 aromatic rings. The van der Waals surface area contributed by atoms with Gasteiger partial charge in [0.05, 0.1) is 17.6 Å². The van der Waals surface area contributed by atoms with Crippen molar-refractivity contribution in [3.8, 4) is 11.3 Å². The van der Waals surface area contributed by atoms with Crippen molar-refractivity contribution in [2.45, 2.75) is 0 Å². The van der Waals surface area contributed by atoms with Crippen molar-refractivity contribution in [3.63, 3.8) is 0 Å². The van der Waals surface area contributed by atoms with E-state index in [4.69, 9.17) is 4.42 Å². The van der Waals surface area contributed by atoms with Crippen LogP contribution in [-0.4, -0.2) is 9.97 Å². The van der Waals surface area contributed by atoms with E-state index in [0.29, 0.717) is 17.2 Å². The molecule has 0 fully saturated rings. The van der Waals surface area contributed by atoms with Gasteiger partial charge < -0.3 is 9.40 Å². The SMILES string of the molecule is O=c1ccc2cc(N=Nc3ncc(-c4ccccc4)[nH]3)ccc2o1. The van der Waals surface area contributed by atoms with Gasteiger partial charge in [0, 0.05) is 11.5 Å². The first-order valence-corrected chi connectivity index (χ1v) is 7.34. The van der Waals surface area contributed by atoms with Crippen molar-refractivity contribution in [1.29, 1.82) is 0 Å². The summed E-state index contributed by atoms with van der Waals surface area (Å²) in [7, 11) is 0. The van der Waals surface area contributed by atoms with Gasteiger partial charge in [-0.25, -0.2) is 9.78 Å². The molecule has 0 saturated heterocycles. The van der Waals surface area contributed by atoms with E-state index in [-0.39, 0.29) is 5.63 Å². The van der Waals surface area contributed by atoms with Gasteiger partial charge in [0.25, 0.3) is 0 Å². The van der Waals surface area contributed by atoms with Crippen LogP contribution in [0.1, 0.15) is 0 Å². The molecule has 0 aliphatic carbocycles. The van der Waals surface area contributed by atoms with E-state index >= 15 is 0 Å². The van der Waals surface area contributed by atoms with Crippen molar-refractivity contribution in [1.82, 2.24) is 9.97 Å². The number of H-pyrrole nitrogens is 1. The van der Waals surface area contributed by atoms with Gasteiger partial charge in [-0.15, -0.1) is 10.2 Å². The lowest BCUT2D eigenvalue weighted by Crippen LogP contribution is -1.93. The molecule has 1 N–H and O–H groups in total. The highest BCUT2D eigenvalue weighted by atomic mass is 16.4. The highest BCUT2D eigenvalue weighted by molar-refractivity contribution is 5.79. The number of hydrogen-bond acceptors (Lipinski definition) is 5. The van der Waals surface area contributed by atoms with E-state index in [9.17, 15) is 4.79 Å². The van der Waals surface area contributed by atoms with E-state index in [0.717, 1.165) is 16.6 Å². The van der Waals surface area contributed by atoms with Crippen LogP contribution in [0.5, 0.6) is 0 Å². The Kier molecular flexibility index (Phi) is 3.47. The summed E-state index contributed by atoms with van der Waals surface area (Å²) in [6.45, 7) is 0. The normalized spacial score (nSPS) is 11.3. The summed E-state index contributed by atoms with van der Waals surface area (Å²) in [6, 6.07) is 18.2. The van der Waals surface area contributed by atoms with Crippen molar-refractivity contribution in [2.24, 2.45) is 10.2 Å². The summed E-state index contributed by atoms with van der Waals surface area (Å²) >= 11 is 0. The molecule has 116 valence electrons. The summed E-state index contributed by atoms with van der Waals surface area (Å²) in [5.74, 6) is 0.425. The third-order valence-corrected chi connectivity index (χ3v) is 3.51. The Hall–Kier alpha value is -3.54. The Morgan fingerprint density at radius 1 is 0.958 bits per heavy atom. The Bertz CT molecular complexity index is 1080. The number of nitrogens with zero attached hydrogens (tertiary/aromatic N) is 3. The first kappa shape index (κ1) is 14.1. The van der Waals surface area contributed by atoms with Crippen LogP contribution in [-0.2, 0) is 0 Å². The molecule has 0 atom stereocenters. The molecule has 0 radical (unpaired) electrons. The van der Waals surface area contributed by atoms with E-state index in [2.05, 4.69) is 20.2 Å². The summed E-state index contributed by atoms with van der Waals surface area (Å²) in [5, 5.41) is 9.07. The van der Waals surface area contributed by atoms with Crippen molar-refractivity contribution >= 4 is 22.6 Å². The molecular formula is C18H12N4O2. The zero-order valence-electron chi connectivity index (χ0n) is 12.5. The third kappa shape index (κ3) is 2.85. The maximum Gasteiger partial charge on any atom is 0.336 e. The standard InChI is InChI=1S/C18H12N4O2/c23-17-9-6-13-10-14(7-8-16(13)24-17)21-22-18-19-11-15(20-18)12-4-2-1-3-5-12/h1-11H,(H,19,20). The molecule has 4 rings (SSSR count). The molecule has 2 heterocycles. The molecule has 0 aliphatic heterocycles. The fourth-order valence-electron chi connectivity index (χ4n) is 2.35. The maximum absolute atomic E-state index is 11.2. The number of hydrogen-bond donors (Lipinski definition) is 1. The number of imidazole rings is 1. The minimum Gasteiger partial charge on any atom is -0.423 e. The van der Waals surface area contributed by atoms with E-state index in [1.807, 2.05) is 30.3 Å². The van der Waals surface area contributed by atoms with Gasteiger partial charge in [-0.1, -0.05) is 30.3 Å². The molecule has 2 aromatic carbocycles. The molecule has 0 bridgehead atoms. The Morgan fingerprint density at radius 3 is 2.71 bits per heavy atom. The highest BCUT2D eigenvalue weighted by Crippen LogP contribution is 2.23. The topological polar surface area (TPSA) is 83.6 Å². The highest BCUT2D eigenvalue weighted by Gasteiger charge is 2.02. The smallest absolute Gasteiger partial charge is 0.336 e. The molecule has 24 heavy (non-hydrogen) atoms. The minimum atomic E-state index is -0.374. The number of rotatable bonds is 3. The zero-order chi connectivity index (χ0) is 16.4. The number of azo groups is 1. The monoisotopic (exact) mass is 316 g/mol. The lowest BCUT2D eigenvalue weighted by molar-refractivity contribution is 0.561. The van der Waals surface area contributed by atoms with Crippen molar-refractivity contribution < 1.29 is 4.42 Å². The van der Waals surface area contributed by atoms with Gasteiger partial charge in [-0.3, -0.25) is 0 Å². The van der Waals surface area contributed by atoms with Gasteiger partial charge in [-0.2, -0.15) is 0 Å². The van der Waals surface area contributed by atoms with Gasteiger partial charge in [-0.05, 0) is 29.8 Å².